The third-order valence-corrected chi connectivity index (χ3v) is 3.12. The lowest BCUT2D eigenvalue weighted by Crippen LogP contribution is -2.14. The maximum Gasteiger partial charge on any atom is 0.339 e. The first kappa shape index (κ1) is 13.4. The highest BCUT2D eigenvalue weighted by molar-refractivity contribution is 6.00. The fourth-order valence-electron chi connectivity index (χ4n) is 2.21. The zero-order valence-electron chi connectivity index (χ0n) is 11.2. The van der Waals surface area contributed by atoms with Crippen LogP contribution in [0.5, 0.6) is 5.75 Å². The molecule has 2 rings (SSSR count). The maximum absolute atomic E-state index is 11.3. The standard InChI is InChI=1S/C16H18O3/c1-3-6-11(2)19-15-13-8-5-4-7-12(13)9-10-14(15)16(17)18/h4-5,7-11H,3,6H2,1-2H3,(H,17,18). The third kappa shape index (κ3) is 2.87. The lowest BCUT2D eigenvalue weighted by Gasteiger charge is -2.17. The molecule has 1 N–H and O–H groups in total. The number of carboxylic acids is 1. The van der Waals surface area contributed by atoms with Gasteiger partial charge in [-0.3, -0.25) is 0 Å². The van der Waals surface area contributed by atoms with E-state index in [1.165, 1.54) is 0 Å². The summed E-state index contributed by atoms with van der Waals surface area (Å²) >= 11 is 0. The van der Waals surface area contributed by atoms with Gasteiger partial charge in [0.1, 0.15) is 11.3 Å². The molecule has 3 nitrogen and oxygen atoms in total. The summed E-state index contributed by atoms with van der Waals surface area (Å²) in [6.45, 7) is 4.05. The van der Waals surface area contributed by atoms with Crippen LogP contribution in [0.4, 0.5) is 0 Å². The predicted octanol–water partition coefficient (Wildman–Crippen LogP) is 4.11. The molecular weight excluding hydrogens is 240 g/mol. The minimum Gasteiger partial charge on any atom is -0.489 e. The van der Waals surface area contributed by atoms with Crippen molar-refractivity contribution >= 4 is 16.7 Å². The molecule has 0 amide bonds. The number of ether oxygens (including phenoxy) is 1. The average Bonchev–Trinajstić information content (AvgIpc) is 2.39. The summed E-state index contributed by atoms with van der Waals surface area (Å²) in [5.41, 5.74) is 0.224. The van der Waals surface area contributed by atoms with Gasteiger partial charge in [0.15, 0.2) is 0 Å². The molecule has 2 aromatic carbocycles. The van der Waals surface area contributed by atoms with Crippen molar-refractivity contribution in [3.8, 4) is 5.75 Å². The molecule has 100 valence electrons. The molecule has 0 fully saturated rings. The van der Waals surface area contributed by atoms with Crippen LogP contribution in [0.3, 0.4) is 0 Å². The van der Waals surface area contributed by atoms with Crippen LogP contribution in [0, 0.1) is 0 Å². The zero-order valence-corrected chi connectivity index (χ0v) is 11.2. The molecule has 2 aromatic rings. The second-order valence-corrected chi connectivity index (χ2v) is 4.69. The van der Waals surface area contributed by atoms with E-state index in [1.54, 1.807) is 6.07 Å². The molecule has 1 atom stereocenters. The Hall–Kier alpha value is -2.03. The first-order valence-corrected chi connectivity index (χ1v) is 6.55. The van der Waals surface area contributed by atoms with Crippen molar-refractivity contribution < 1.29 is 14.6 Å². The molecule has 0 bridgehead atoms. The van der Waals surface area contributed by atoms with Crippen molar-refractivity contribution in [2.24, 2.45) is 0 Å². The van der Waals surface area contributed by atoms with Crippen LogP contribution >= 0.6 is 0 Å². The highest BCUT2D eigenvalue weighted by Crippen LogP contribution is 2.31. The van der Waals surface area contributed by atoms with Crippen molar-refractivity contribution in [2.45, 2.75) is 32.8 Å². The number of hydrogen-bond acceptors (Lipinski definition) is 2. The normalized spacial score (nSPS) is 12.3. The Morgan fingerprint density at radius 2 is 2.00 bits per heavy atom. The van der Waals surface area contributed by atoms with Crippen molar-refractivity contribution in [1.82, 2.24) is 0 Å². The van der Waals surface area contributed by atoms with Crippen molar-refractivity contribution in [3.63, 3.8) is 0 Å². The van der Waals surface area contributed by atoms with Crippen molar-refractivity contribution in [3.05, 3.63) is 42.0 Å². The SMILES string of the molecule is CCCC(C)Oc1c(C(=O)O)ccc2ccccc12. The van der Waals surface area contributed by atoms with Gasteiger partial charge >= 0.3 is 5.97 Å². The van der Waals surface area contributed by atoms with Gasteiger partial charge in [0, 0.05) is 5.39 Å². The van der Waals surface area contributed by atoms with E-state index in [2.05, 4.69) is 6.92 Å². The van der Waals surface area contributed by atoms with Gasteiger partial charge in [0.25, 0.3) is 0 Å². The Labute approximate surface area is 112 Å². The molecule has 0 saturated carbocycles. The first-order chi connectivity index (χ1) is 9.13. The van der Waals surface area contributed by atoms with Crippen LogP contribution in [0.15, 0.2) is 36.4 Å². The highest BCUT2D eigenvalue weighted by atomic mass is 16.5. The first-order valence-electron chi connectivity index (χ1n) is 6.55. The molecule has 0 saturated heterocycles. The van der Waals surface area contributed by atoms with Crippen LogP contribution in [-0.2, 0) is 0 Å². The summed E-state index contributed by atoms with van der Waals surface area (Å²) in [5.74, 6) is -0.476. The van der Waals surface area contributed by atoms with Crippen LogP contribution < -0.4 is 4.74 Å². The van der Waals surface area contributed by atoms with Crippen LogP contribution in [0.1, 0.15) is 37.0 Å². The van der Waals surface area contributed by atoms with Gasteiger partial charge < -0.3 is 9.84 Å². The number of carboxylic acid groups (broad SMARTS) is 1. The summed E-state index contributed by atoms with van der Waals surface area (Å²) in [7, 11) is 0. The van der Waals surface area contributed by atoms with E-state index >= 15 is 0 Å². The van der Waals surface area contributed by atoms with E-state index in [0.29, 0.717) is 5.75 Å². The van der Waals surface area contributed by atoms with Crippen LogP contribution in [0.2, 0.25) is 0 Å². The molecule has 1 unspecified atom stereocenters. The van der Waals surface area contributed by atoms with E-state index in [0.717, 1.165) is 23.6 Å². The number of rotatable bonds is 5. The second kappa shape index (κ2) is 5.74. The van der Waals surface area contributed by atoms with Gasteiger partial charge in [-0.15, -0.1) is 0 Å². The highest BCUT2D eigenvalue weighted by Gasteiger charge is 2.16. The Kier molecular flexibility index (Phi) is 4.05. The zero-order chi connectivity index (χ0) is 13.8. The van der Waals surface area contributed by atoms with E-state index in [9.17, 15) is 9.90 Å². The van der Waals surface area contributed by atoms with Gasteiger partial charge in [0.2, 0.25) is 0 Å². The van der Waals surface area contributed by atoms with Crippen molar-refractivity contribution in [1.29, 1.82) is 0 Å². The number of benzene rings is 2. The smallest absolute Gasteiger partial charge is 0.339 e. The molecule has 0 aliphatic carbocycles. The molecule has 19 heavy (non-hydrogen) atoms. The topological polar surface area (TPSA) is 46.5 Å². The summed E-state index contributed by atoms with van der Waals surface area (Å²) in [6.07, 6.45) is 1.92. The molecular formula is C16H18O3. The maximum atomic E-state index is 11.3. The van der Waals surface area contributed by atoms with E-state index in [-0.39, 0.29) is 11.7 Å². The largest absolute Gasteiger partial charge is 0.489 e. The van der Waals surface area contributed by atoms with Gasteiger partial charge in [-0.2, -0.15) is 0 Å². The Bertz CT molecular complexity index is 590. The lowest BCUT2D eigenvalue weighted by molar-refractivity contribution is 0.0690. The van der Waals surface area contributed by atoms with Crippen LogP contribution in [-0.4, -0.2) is 17.2 Å². The quantitative estimate of drug-likeness (QED) is 0.878. The molecule has 0 aliphatic rings. The number of carbonyl (C=O) groups is 1. The van der Waals surface area contributed by atoms with Gasteiger partial charge in [0.05, 0.1) is 6.10 Å². The molecule has 0 radical (unpaired) electrons. The summed E-state index contributed by atoms with van der Waals surface area (Å²) in [5, 5.41) is 11.1. The number of aromatic carboxylic acids is 1. The van der Waals surface area contributed by atoms with Gasteiger partial charge in [-0.05, 0) is 24.8 Å². The van der Waals surface area contributed by atoms with Crippen LogP contribution in [0.25, 0.3) is 10.8 Å². The molecule has 3 heteroatoms. The summed E-state index contributed by atoms with van der Waals surface area (Å²) in [6, 6.07) is 11.1. The third-order valence-electron chi connectivity index (χ3n) is 3.12. The Morgan fingerprint density at radius 3 is 2.68 bits per heavy atom. The Balaban J connectivity index is 2.52. The van der Waals surface area contributed by atoms with Gasteiger partial charge in [-0.1, -0.05) is 43.7 Å². The van der Waals surface area contributed by atoms with E-state index < -0.39 is 5.97 Å². The number of hydrogen-bond donors (Lipinski definition) is 1. The summed E-state index contributed by atoms with van der Waals surface area (Å²) < 4.78 is 5.88. The average molecular weight is 258 g/mol. The monoisotopic (exact) mass is 258 g/mol. The molecule has 0 spiro atoms. The fourth-order valence-corrected chi connectivity index (χ4v) is 2.21. The predicted molar refractivity (Wildman–Crippen MR) is 75.9 cm³/mol. The van der Waals surface area contributed by atoms with E-state index in [1.807, 2.05) is 37.3 Å². The summed E-state index contributed by atoms with van der Waals surface area (Å²) in [4.78, 5) is 11.3. The van der Waals surface area contributed by atoms with Gasteiger partial charge in [-0.25, -0.2) is 4.79 Å². The fraction of sp³-hybridized carbons (Fsp3) is 0.312. The minimum atomic E-state index is -0.954. The van der Waals surface area contributed by atoms with E-state index in [4.69, 9.17) is 4.74 Å². The lowest BCUT2D eigenvalue weighted by atomic mass is 10.0. The molecule has 0 aromatic heterocycles. The molecule has 0 heterocycles. The Morgan fingerprint density at radius 1 is 1.26 bits per heavy atom. The number of fused-ring (bicyclic) bond motifs is 1. The van der Waals surface area contributed by atoms with Crippen molar-refractivity contribution in [2.75, 3.05) is 0 Å². The second-order valence-electron chi connectivity index (χ2n) is 4.69. The minimum absolute atomic E-state index is 0.00825. The molecule has 0 aliphatic heterocycles.